The number of ketones is 1. The van der Waals surface area contributed by atoms with Gasteiger partial charge in [0.25, 0.3) is 0 Å². The van der Waals surface area contributed by atoms with Gasteiger partial charge in [0, 0.05) is 15.6 Å². The third kappa shape index (κ3) is 3.52. The van der Waals surface area contributed by atoms with Crippen LogP contribution in [0.5, 0.6) is 5.75 Å². The van der Waals surface area contributed by atoms with Crippen LogP contribution >= 0.6 is 11.3 Å². The van der Waals surface area contributed by atoms with Gasteiger partial charge in [0.1, 0.15) is 17.2 Å². The Labute approximate surface area is 165 Å². The highest BCUT2D eigenvalue weighted by atomic mass is 32.1. The Morgan fingerprint density at radius 3 is 2.21 bits per heavy atom. The van der Waals surface area contributed by atoms with E-state index in [-0.39, 0.29) is 18.0 Å². The molecule has 5 heteroatoms. The van der Waals surface area contributed by atoms with Gasteiger partial charge in [-0.1, -0.05) is 54.6 Å². The first-order valence-electron chi connectivity index (χ1n) is 8.70. The van der Waals surface area contributed by atoms with Crippen molar-refractivity contribution in [2.45, 2.75) is 6.61 Å². The van der Waals surface area contributed by atoms with Crippen molar-refractivity contribution in [1.82, 2.24) is 0 Å². The number of carboxylic acid groups (broad SMARTS) is 1. The number of carbonyl (C=O) groups excluding carboxylic acids is 1. The minimum absolute atomic E-state index is 0.0713. The van der Waals surface area contributed by atoms with Gasteiger partial charge >= 0.3 is 5.97 Å². The monoisotopic (exact) mass is 388 g/mol. The number of hydrogen-bond donors (Lipinski definition) is 1. The summed E-state index contributed by atoms with van der Waals surface area (Å²) in [6, 6.07) is 23.4. The summed E-state index contributed by atoms with van der Waals surface area (Å²) < 4.78 is 7.05. The van der Waals surface area contributed by atoms with Crippen molar-refractivity contribution in [1.29, 1.82) is 0 Å². The molecule has 0 radical (unpaired) electrons. The lowest BCUT2D eigenvalue weighted by molar-refractivity contribution is 0.0696. The van der Waals surface area contributed by atoms with E-state index in [4.69, 9.17) is 9.84 Å². The van der Waals surface area contributed by atoms with Gasteiger partial charge in [-0.05, 0) is 29.8 Å². The van der Waals surface area contributed by atoms with Crippen LogP contribution in [0.4, 0.5) is 0 Å². The molecule has 0 saturated heterocycles. The van der Waals surface area contributed by atoms with E-state index in [2.05, 4.69) is 0 Å². The van der Waals surface area contributed by atoms with E-state index in [1.165, 1.54) is 11.3 Å². The van der Waals surface area contributed by atoms with Crippen LogP contribution < -0.4 is 4.74 Å². The minimum Gasteiger partial charge on any atom is -0.487 e. The normalized spacial score (nSPS) is 10.7. The molecule has 0 spiro atoms. The van der Waals surface area contributed by atoms with Crippen molar-refractivity contribution in [3.63, 3.8) is 0 Å². The van der Waals surface area contributed by atoms with Crippen molar-refractivity contribution in [2.75, 3.05) is 0 Å². The maximum atomic E-state index is 13.0. The molecule has 4 aromatic rings. The molecular formula is C23H16O4S. The molecule has 0 amide bonds. The molecular weight excluding hydrogens is 372 g/mol. The second-order valence-electron chi connectivity index (χ2n) is 6.24. The van der Waals surface area contributed by atoms with E-state index in [0.29, 0.717) is 16.2 Å². The summed E-state index contributed by atoms with van der Waals surface area (Å²) in [6.45, 7) is 0.246. The molecule has 138 valence electrons. The second kappa shape index (κ2) is 7.66. The van der Waals surface area contributed by atoms with Gasteiger partial charge in [-0.3, -0.25) is 4.79 Å². The number of benzene rings is 3. The molecule has 0 aliphatic rings. The van der Waals surface area contributed by atoms with E-state index >= 15 is 0 Å². The van der Waals surface area contributed by atoms with E-state index in [1.807, 2.05) is 42.5 Å². The lowest BCUT2D eigenvalue weighted by atomic mass is 10.1. The zero-order chi connectivity index (χ0) is 19.5. The number of rotatable bonds is 6. The standard InChI is InChI=1S/C23H16O4S/c24-20(16-6-2-1-3-7-16)22-21(18-8-4-5-9-19(18)28-22)27-14-15-10-12-17(13-11-15)23(25)26/h1-13H,14H2,(H,25,26). The van der Waals surface area contributed by atoms with Crippen LogP contribution in [0, 0.1) is 0 Å². The first kappa shape index (κ1) is 17.9. The molecule has 0 atom stereocenters. The lowest BCUT2D eigenvalue weighted by Gasteiger charge is -2.08. The molecule has 3 aromatic carbocycles. The molecule has 0 bridgehead atoms. The van der Waals surface area contributed by atoms with Crippen molar-refractivity contribution >= 4 is 33.2 Å². The summed E-state index contributed by atoms with van der Waals surface area (Å²) in [5, 5.41) is 9.91. The first-order valence-corrected chi connectivity index (χ1v) is 9.51. The van der Waals surface area contributed by atoms with Crippen LogP contribution in [-0.2, 0) is 6.61 Å². The fraction of sp³-hybridized carbons (Fsp3) is 0.0435. The summed E-state index contributed by atoms with van der Waals surface area (Å²) in [5.41, 5.74) is 1.67. The molecule has 1 N–H and O–H groups in total. The Morgan fingerprint density at radius 1 is 0.821 bits per heavy atom. The van der Waals surface area contributed by atoms with Gasteiger partial charge < -0.3 is 9.84 Å². The third-order valence-corrected chi connectivity index (χ3v) is 5.53. The van der Waals surface area contributed by atoms with Crippen molar-refractivity contribution < 1.29 is 19.4 Å². The Hall–Kier alpha value is -3.44. The van der Waals surface area contributed by atoms with E-state index in [1.54, 1.807) is 36.4 Å². The number of carboxylic acids is 1. The van der Waals surface area contributed by atoms with Gasteiger partial charge in [0.15, 0.2) is 0 Å². The fourth-order valence-corrected chi connectivity index (χ4v) is 4.04. The SMILES string of the molecule is O=C(O)c1ccc(COc2c(C(=O)c3ccccc3)sc3ccccc23)cc1. The summed E-state index contributed by atoms with van der Waals surface area (Å²) in [4.78, 5) is 24.6. The quantitative estimate of drug-likeness (QED) is 0.449. The van der Waals surface area contributed by atoms with E-state index in [0.717, 1.165) is 15.6 Å². The molecule has 0 unspecified atom stereocenters. The average Bonchev–Trinajstić information content (AvgIpc) is 3.11. The molecule has 0 fully saturated rings. The largest absolute Gasteiger partial charge is 0.487 e. The van der Waals surface area contributed by atoms with Gasteiger partial charge in [0.05, 0.1) is 5.56 Å². The molecule has 0 saturated carbocycles. The van der Waals surface area contributed by atoms with E-state index in [9.17, 15) is 9.59 Å². The van der Waals surface area contributed by atoms with Crippen molar-refractivity contribution in [3.8, 4) is 5.75 Å². The molecule has 28 heavy (non-hydrogen) atoms. The molecule has 1 heterocycles. The zero-order valence-electron chi connectivity index (χ0n) is 14.8. The summed E-state index contributed by atoms with van der Waals surface area (Å²) in [5.74, 6) is -0.471. The Bertz CT molecular complexity index is 1140. The summed E-state index contributed by atoms with van der Waals surface area (Å²) in [7, 11) is 0. The van der Waals surface area contributed by atoms with Crippen LogP contribution in [0.15, 0.2) is 78.9 Å². The lowest BCUT2D eigenvalue weighted by Crippen LogP contribution is -2.03. The fourth-order valence-electron chi connectivity index (χ4n) is 2.93. The predicted octanol–water partition coefficient (Wildman–Crippen LogP) is 5.41. The second-order valence-corrected chi connectivity index (χ2v) is 7.29. The predicted molar refractivity (Wildman–Crippen MR) is 109 cm³/mol. The highest BCUT2D eigenvalue weighted by Gasteiger charge is 2.21. The number of fused-ring (bicyclic) bond motifs is 1. The van der Waals surface area contributed by atoms with Crippen LogP contribution in [-0.4, -0.2) is 16.9 Å². The number of carbonyl (C=O) groups is 2. The minimum atomic E-state index is -0.966. The number of thiophene rings is 1. The summed E-state index contributed by atoms with van der Waals surface area (Å²) >= 11 is 1.42. The average molecular weight is 388 g/mol. The number of ether oxygens (including phenoxy) is 1. The van der Waals surface area contributed by atoms with E-state index < -0.39 is 5.97 Å². The maximum Gasteiger partial charge on any atom is 0.335 e. The smallest absolute Gasteiger partial charge is 0.335 e. The van der Waals surface area contributed by atoms with Gasteiger partial charge in [-0.15, -0.1) is 11.3 Å². The molecule has 4 rings (SSSR count). The maximum absolute atomic E-state index is 13.0. The Kier molecular flexibility index (Phi) is 4.91. The van der Waals surface area contributed by atoms with Gasteiger partial charge in [-0.2, -0.15) is 0 Å². The highest BCUT2D eigenvalue weighted by molar-refractivity contribution is 7.21. The third-order valence-electron chi connectivity index (χ3n) is 4.38. The topological polar surface area (TPSA) is 63.6 Å². The van der Waals surface area contributed by atoms with Crippen LogP contribution in [0.2, 0.25) is 0 Å². The number of hydrogen-bond acceptors (Lipinski definition) is 4. The van der Waals surface area contributed by atoms with Gasteiger partial charge in [0.2, 0.25) is 5.78 Å². The van der Waals surface area contributed by atoms with Gasteiger partial charge in [-0.25, -0.2) is 4.79 Å². The summed E-state index contributed by atoms with van der Waals surface area (Å²) in [6.07, 6.45) is 0. The zero-order valence-corrected chi connectivity index (χ0v) is 15.6. The van der Waals surface area contributed by atoms with Crippen LogP contribution in [0.1, 0.15) is 31.2 Å². The first-order chi connectivity index (χ1) is 13.6. The Morgan fingerprint density at radius 2 is 1.50 bits per heavy atom. The molecule has 1 aromatic heterocycles. The van der Waals surface area contributed by atoms with Crippen molar-refractivity contribution in [3.05, 3.63) is 100 Å². The molecule has 4 nitrogen and oxygen atoms in total. The highest BCUT2D eigenvalue weighted by Crippen LogP contribution is 2.39. The molecule has 0 aliphatic carbocycles. The van der Waals surface area contributed by atoms with Crippen molar-refractivity contribution in [2.24, 2.45) is 0 Å². The number of aromatic carboxylic acids is 1. The Balaban J connectivity index is 1.67. The van der Waals surface area contributed by atoms with Crippen LogP contribution in [0.3, 0.4) is 0 Å². The molecule has 0 aliphatic heterocycles. The van der Waals surface area contributed by atoms with Crippen LogP contribution in [0.25, 0.3) is 10.1 Å².